The first-order valence-corrected chi connectivity index (χ1v) is 8.66. The van der Waals surface area contributed by atoms with Crippen LogP contribution < -0.4 is 11.1 Å². The standard InChI is InChI=1S/C16H26N4OS/c1-6-16(17,7-2)9-18-14(21)12-8-11-13(10(3)4)19-20(5)15(11)22-12/h8,10H,6-7,9,17H2,1-5H3,(H,18,21). The second-order valence-electron chi connectivity index (χ2n) is 6.25. The molecule has 0 aromatic carbocycles. The normalized spacial score (nSPS) is 12.3. The van der Waals surface area contributed by atoms with Crippen LogP contribution in [0.4, 0.5) is 0 Å². The number of rotatable bonds is 6. The van der Waals surface area contributed by atoms with Crippen LogP contribution in [0.1, 0.15) is 61.8 Å². The van der Waals surface area contributed by atoms with Gasteiger partial charge in [-0.2, -0.15) is 5.10 Å². The largest absolute Gasteiger partial charge is 0.349 e. The number of fused-ring (bicyclic) bond motifs is 1. The molecule has 0 fully saturated rings. The molecular weight excluding hydrogens is 296 g/mol. The molecule has 0 spiro atoms. The first kappa shape index (κ1) is 17.0. The van der Waals surface area contributed by atoms with E-state index in [2.05, 4.69) is 38.1 Å². The van der Waals surface area contributed by atoms with Gasteiger partial charge in [-0.05, 0) is 24.8 Å². The number of nitrogens with zero attached hydrogens (tertiary/aromatic N) is 2. The molecule has 0 bridgehead atoms. The lowest BCUT2D eigenvalue weighted by Gasteiger charge is -2.26. The molecule has 0 unspecified atom stereocenters. The molecule has 2 aromatic rings. The third-order valence-corrected chi connectivity index (χ3v) is 5.52. The number of nitrogens with one attached hydrogen (secondary N) is 1. The lowest BCUT2D eigenvalue weighted by atomic mass is 9.94. The van der Waals surface area contributed by atoms with Crippen LogP contribution in [-0.4, -0.2) is 27.8 Å². The lowest BCUT2D eigenvalue weighted by Crippen LogP contribution is -2.49. The summed E-state index contributed by atoms with van der Waals surface area (Å²) in [4.78, 5) is 14.2. The van der Waals surface area contributed by atoms with E-state index in [1.807, 2.05) is 17.8 Å². The molecule has 22 heavy (non-hydrogen) atoms. The Morgan fingerprint density at radius 1 is 1.45 bits per heavy atom. The summed E-state index contributed by atoms with van der Waals surface area (Å²) >= 11 is 1.48. The van der Waals surface area contributed by atoms with Crippen molar-refractivity contribution >= 4 is 27.5 Å². The Morgan fingerprint density at radius 3 is 2.64 bits per heavy atom. The van der Waals surface area contributed by atoms with Gasteiger partial charge in [-0.25, -0.2) is 0 Å². The Bertz CT molecular complexity index is 667. The highest BCUT2D eigenvalue weighted by Gasteiger charge is 2.23. The van der Waals surface area contributed by atoms with Gasteiger partial charge in [-0.1, -0.05) is 27.7 Å². The summed E-state index contributed by atoms with van der Waals surface area (Å²) in [7, 11) is 1.92. The van der Waals surface area contributed by atoms with Crippen molar-refractivity contribution in [2.75, 3.05) is 6.54 Å². The fraction of sp³-hybridized carbons (Fsp3) is 0.625. The topological polar surface area (TPSA) is 72.9 Å². The second-order valence-corrected chi connectivity index (χ2v) is 7.28. The molecule has 0 aliphatic carbocycles. The van der Waals surface area contributed by atoms with Crippen LogP contribution >= 0.6 is 11.3 Å². The van der Waals surface area contributed by atoms with Crippen LogP contribution in [0, 0.1) is 0 Å². The maximum absolute atomic E-state index is 12.4. The quantitative estimate of drug-likeness (QED) is 0.858. The molecule has 2 aromatic heterocycles. The van der Waals surface area contributed by atoms with Crippen LogP contribution in [-0.2, 0) is 7.05 Å². The van der Waals surface area contributed by atoms with Crippen molar-refractivity contribution in [1.29, 1.82) is 0 Å². The second kappa shape index (κ2) is 6.38. The van der Waals surface area contributed by atoms with Gasteiger partial charge in [0.25, 0.3) is 5.91 Å². The summed E-state index contributed by atoms with van der Waals surface area (Å²) in [6.07, 6.45) is 1.69. The minimum absolute atomic E-state index is 0.0485. The van der Waals surface area contributed by atoms with E-state index in [0.29, 0.717) is 12.5 Å². The molecule has 0 aliphatic heterocycles. The molecular formula is C16H26N4OS. The van der Waals surface area contributed by atoms with E-state index >= 15 is 0 Å². The number of thiophene rings is 1. The fourth-order valence-corrected chi connectivity index (χ4v) is 3.44. The predicted octanol–water partition coefficient (Wildman–Crippen LogP) is 3.01. The molecule has 2 heterocycles. The SMILES string of the molecule is CCC(N)(CC)CNC(=O)c1cc2c(C(C)C)nn(C)c2s1. The molecule has 3 N–H and O–H groups in total. The summed E-state index contributed by atoms with van der Waals surface area (Å²) in [5, 5.41) is 8.60. The van der Waals surface area contributed by atoms with Crippen LogP contribution in [0.2, 0.25) is 0 Å². The average Bonchev–Trinajstić information content (AvgIpc) is 3.05. The van der Waals surface area contributed by atoms with E-state index in [4.69, 9.17) is 5.73 Å². The lowest BCUT2D eigenvalue weighted by molar-refractivity contribution is 0.0946. The monoisotopic (exact) mass is 322 g/mol. The highest BCUT2D eigenvalue weighted by Crippen LogP contribution is 2.31. The summed E-state index contributed by atoms with van der Waals surface area (Å²) in [6.45, 7) is 8.84. The summed E-state index contributed by atoms with van der Waals surface area (Å²) in [5.74, 6) is 0.290. The Hall–Kier alpha value is -1.40. The molecule has 0 saturated carbocycles. The summed E-state index contributed by atoms with van der Waals surface area (Å²) in [5.41, 5.74) is 6.96. The first-order valence-electron chi connectivity index (χ1n) is 7.84. The molecule has 5 nitrogen and oxygen atoms in total. The van der Waals surface area contributed by atoms with Crippen molar-refractivity contribution in [2.45, 2.75) is 52.0 Å². The number of amides is 1. The summed E-state index contributed by atoms with van der Waals surface area (Å²) in [6, 6.07) is 1.95. The number of carbonyl (C=O) groups excluding carboxylic acids is 1. The fourth-order valence-electron chi connectivity index (χ4n) is 2.45. The molecule has 2 rings (SSSR count). The van der Waals surface area contributed by atoms with Gasteiger partial charge in [0, 0.05) is 24.5 Å². The van der Waals surface area contributed by atoms with Crippen LogP contribution in [0.5, 0.6) is 0 Å². The Morgan fingerprint density at radius 2 is 2.09 bits per heavy atom. The Balaban J connectivity index is 2.21. The minimum Gasteiger partial charge on any atom is -0.349 e. The average molecular weight is 322 g/mol. The number of hydrogen-bond acceptors (Lipinski definition) is 4. The third kappa shape index (κ3) is 3.17. The van der Waals surface area contributed by atoms with Crippen molar-refractivity contribution in [3.05, 3.63) is 16.6 Å². The zero-order chi connectivity index (χ0) is 16.5. The number of nitrogens with two attached hydrogens (primary N) is 1. The molecule has 6 heteroatoms. The Labute approximate surface area is 135 Å². The van der Waals surface area contributed by atoms with E-state index in [-0.39, 0.29) is 11.4 Å². The number of aromatic nitrogens is 2. The van der Waals surface area contributed by atoms with Crippen LogP contribution in [0.25, 0.3) is 10.2 Å². The van der Waals surface area contributed by atoms with Crippen molar-refractivity contribution in [2.24, 2.45) is 12.8 Å². The highest BCUT2D eigenvalue weighted by atomic mass is 32.1. The predicted molar refractivity (Wildman–Crippen MR) is 92.5 cm³/mol. The third-order valence-electron chi connectivity index (χ3n) is 4.32. The van der Waals surface area contributed by atoms with E-state index in [0.717, 1.165) is 33.6 Å². The van der Waals surface area contributed by atoms with Crippen molar-refractivity contribution < 1.29 is 4.79 Å². The number of hydrogen-bond donors (Lipinski definition) is 2. The van der Waals surface area contributed by atoms with Gasteiger partial charge in [0.1, 0.15) is 4.83 Å². The van der Waals surface area contributed by atoms with Crippen LogP contribution in [0.15, 0.2) is 6.07 Å². The number of carbonyl (C=O) groups is 1. The highest BCUT2D eigenvalue weighted by molar-refractivity contribution is 7.20. The van der Waals surface area contributed by atoms with Crippen molar-refractivity contribution in [3.8, 4) is 0 Å². The maximum Gasteiger partial charge on any atom is 0.261 e. The van der Waals surface area contributed by atoms with Gasteiger partial charge in [-0.15, -0.1) is 11.3 Å². The molecule has 0 aliphatic rings. The molecule has 0 radical (unpaired) electrons. The molecule has 122 valence electrons. The molecule has 0 atom stereocenters. The van der Waals surface area contributed by atoms with Gasteiger partial charge in [0.05, 0.1) is 10.6 Å². The summed E-state index contributed by atoms with van der Waals surface area (Å²) < 4.78 is 1.86. The van der Waals surface area contributed by atoms with Gasteiger partial charge < -0.3 is 11.1 Å². The zero-order valence-corrected chi connectivity index (χ0v) is 14.9. The maximum atomic E-state index is 12.4. The molecule has 0 saturated heterocycles. The van der Waals surface area contributed by atoms with Crippen molar-refractivity contribution in [3.63, 3.8) is 0 Å². The van der Waals surface area contributed by atoms with Crippen LogP contribution in [0.3, 0.4) is 0 Å². The van der Waals surface area contributed by atoms with Gasteiger partial charge in [-0.3, -0.25) is 9.48 Å². The first-order chi connectivity index (χ1) is 10.3. The van der Waals surface area contributed by atoms with Gasteiger partial charge in [0.2, 0.25) is 0 Å². The van der Waals surface area contributed by atoms with Gasteiger partial charge in [0.15, 0.2) is 0 Å². The Kier molecular flexibility index (Phi) is 4.92. The minimum atomic E-state index is -0.322. The van der Waals surface area contributed by atoms with Crippen molar-refractivity contribution in [1.82, 2.24) is 15.1 Å². The molecule has 1 amide bonds. The van der Waals surface area contributed by atoms with E-state index in [1.165, 1.54) is 11.3 Å². The number of aryl methyl sites for hydroxylation is 1. The van der Waals surface area contributed by atoms with E-state index in [9.17, 15) is 4.79 Å². The van der Waals surface area contributed by atoms with Gasteiger partial charge >= 0.3 is 0 Å². The van der Waals surface area contributed by atoms with E-state index in [1.54, 1.807) is 0 Å². The zero-order valence-electron chi connectivity index (χ0n) is 14.1. The van der Waals surface area contributed by atoms with E-state index < -0.39 is 0 Å². The smallest absolute Gasteiger partial charge is 0.261 e.